The molecule has 0 saturated carbocycles. The van der Waals surface area contributed by atoms with Crippen LogP contribution in [-0.4, -0.2) is 13.7 Å². The summed E-state index contributed by atoms with van der Waals surface area (Å²) in [5.74, 6) is 1.52. The molecule has 118 valence electrons. The minimum absolute atomic E-state index is 0.619. The Morgan fingerprint density at radius 2 is 1.77 bits per heavy atom. The van der Waals surface area contributed by atoms with Crippen molar-refractivity contribution in [2.75, 3.05) is 13.7 Å². The summed E-state index contributed by atoms with van der Waals surface area (Å²) in [6, 6.07) is 12.5. The Labute approximate surface area is 140 Å². The minimum Gasteiger partial charge on any atom is -0.493 e. The van der Waals surface area contributed by atoms with Crippen LogP contribution in [0.25, 0.3) is 0 Å². The predicted molar refractivity (Wildman–Crippen MR) is 93.6 cm³/mol. The number of halogens is 1. The quantitative estimate of drug-likeness (QED) is 0.787. The molecule has 0 aliphatic rings. The Kier molecular flexibility index (Phi) is 6.28. The Morgan fingerprint density at radius 1 is 1.05 bits per heavy atom. The van der Waals surface area contributed by atoms with Gasteiger partial charge in [-0.15, -0.1) is 0 Å². The van der Waals surface area contributed by atoms with Gasteiger partial charge in [-0.05, 0) is 37.1 Å². The summed E-state index contributed by atoms with van der Waals surface area (Å²) in [5, 5.41) is 3.45. The van der Waals surface area contributed by atoms with E-state index in [1.165, 1.54) is 11.1 Å². The number of methoxy groups -OCH3 is 1. The van der Waals surface area contributed by atoms with Gasteiger partial charge in [0.25, 0.3) is 0 Å². The SMILES string of the molecule is CCOc1cc(Br)c(CNCc2ccc(C)cc2)cc1OC. The van der Waals surface area contributed by atoms with Crippen molar-refractivity contribution in [1.82, 2.24) is 5.32 Å². The highest BCUT2D eigenvalue weighted by atomic mass is 79.9. The van der Waals surface area contributed by atoms with Crippen LogP contribution in [0.5, 0.6) is 11.5 Å². The van der Waals surface area contributed by atoms with E-state index in [0.717, 1.165) is 34.6 Å². The summed E-state index contributed by atoms with van der Waals surface area (Å²) in [7, 11) is 1.66. The van der Waals surface area contributed by atoms with E-state index in [9.17, 15) is 0 Å². The fourth-order valence-corrected chi connectivity index (χ4v) is 2.65. The number of rotatable bonds is 7. The van der Waals surface area contributed by atoms with Gasteiger partial charge in [0.2, 0.25) is 0 Å². The van der Waals surface area contributed by atoms with E-state index in [0.29, 0.717) is 6.61 Å². The highest BCUT2D eigenvalue weighted by molar-refractivity contribution is 9.10. The molecule has 4 heteroatoms. The fraction of sp³-hybridized carbons (Fsp3) is 0.333. The zero-order valence-electron chi connectivity index (χ0n) is 13.3. The number of hydrogen-bond acceptors (Lipinski definition) is 3. The first-order valence-corrected chi connectivity index (χ1v) is 8.18. The second kappa shape index (κ2) is 8.20. The van der Waals surface area contributed by atoms with Crippen molar-refractivity contribution < 1.29 is 9.47 Å². The van der Waals surface area contributed by atoms with Crippen LogP contribution in [0.1, 0.15) is 23.6 Å². The van der Waals surface area contributed by atoms with Crippen molar-refractivity contribution in [2.45, 2.75) is 26.9 Å². The van der Waals surface area contributed by atoms with Gasteiger partial charge in [-0.1, -0.05) is 45.8 Å². The van der Waals surface area contributed by atoms with Crippen LogP contribution < -0.4 is 14.8 Å². The van der Waals surface area contributed by atoms with Crippen molar-refractivity contribution in [3.8, 4) is 11.5 Å². The average Bonchev–Trinajstić information content (AvgIpc) is 2.51. The predicted octanol–water partition coefficient (Wildman–Crippen LogP) is 4.45. The topological polar surface area (TPSA) is 30.5 Å². The molecule has 0 bridgehead atoms. The van der Waals surface area contributed by atoms with Crippen molar-refractivity contribution >= 4 is 15.9 Å². The smallest absolute Gasteiger partial charge is 0.162 e. The van der Waals surface area contributed by atoms with Gasteiger partial charge in [-0.3, -0.25) is 0 Å². The third kappa shape index (κ3) is 4.49. The minimum atomic E-state index is 0.619. The lowest BCUT2D eigenvalue weighted by Gasteiger charge is -2.13. The fourth-order valence-electron chi connectivity index (χ4n) is 2.19. The molecule has 2 rings (SSSR count). The summed E-state index contributed by atoms with van der Waals surface area (Å²) in [5.41, 5.74) is 3.70. The summed E-state index contributed by atoms with van der Waals surface area (Å²) < 4.78 is 12.0. The van der Waals surface area contributed by atoms with Gasteiger partial charge >= 0.3 is 0 Å². The van der Waals surface area contributed by atoms with Crippen LogP contribution in [0.3, 0.4) is 0 Å². The second-order valence-electron chi connectivity index (χ2n) is 5.12. The van der Waals surface area contributed by atoms with Crippen LogP contribution in [-0.2, 0) is 13.1 Å². The zero-order chi connectivity index (χ0) is 15.9. The van der Waals surface area contributed by atoms with Crippen LogP contribution in [0.2, 0.25) is 0 Å². The molecule has 0 radical (unpaired) electrons. The number of ether oxygens (including phenoxy) is 2. The molecule has 3 nitrogen and oxygen atoms in total. The Bertz CT molecular complexity index is 611. The number of benzene rings is 2. The molecule has 0 fully saturated rings. The van der Waals surface area contributed by atoms with E-state index in [1.54, 1.807) is 7.11 Å². The van der Waals surface area contributed by atoms with Crippen molar-refractivity contribution in [3.63, 3.8) is 0 Å². The molecule has 0 aliphatic carbocycles. The molecule has 1 N–H and O–H groups in total. The van der Waals surface area contributed by atoms with Crippen LogP contribution >= 0.6 is 15.9 Å². The standard InChI is InChI=1S/C18H22BrNO2/c1-4-22-18-10-16(19)15(9-17(18)21-3)12-20-11-14-7-5-13(2)6-8-14/h5-10,20H,4,11-12H2,1-3H3. The largest absolute Gasteiger partial charge is 0.493 e. The van der Waals surface area contributed by atoms with Crippen molar-refractivity contribution in [2.24, 2.45) is 0 Å². The maximum Gasteiger partial charge on any atom is 0.162 e. The zero-order valence-corrected chi connectivity index (χ0v) is 14.9. The monoisotopic (exact) mass is 363 g/mol. The lowest BCUT2D eigenvalue weighted by molar-refractivity contribution is 0.310. The van der Waals surface area contributed by atoms with E-state index < -0.39 is 0 Å². The summed E-state index contributed by atoms with van der Waals surface area (Å²) in [6.07, 6.45) is 0. The Balaban J connectivity index is 2.01. The first-order chi connectivity index (χ1) is 10.6. The molecule has 0 aliphatic heterocycles. The van der Waals surface area contributed by atoms with Gasteiger partial charge in [-0.25, -0.2) is 0 Å². The number of aryl methyl sites for hydroxylation is 1. The van der Waals surface area contributed by atoms with Crippen LogP contribution in [0, 0.1) is 6.92 Å². The molecule has 0 spiro atoms. The first kappa shape index (κ1) is 16.8. The van der Waals surface area contributed by atoms with Crippen LogP contribution in [0.4, 0.5) is 0 Å². The van der Waals surface area contributed by atoms with Crippen LogP contribution in [0.15, 0.2) is 40.9 Å². The van der Waals surface area contributed by atoms with Crippen molar-refractivity contribution in [1.29, 1.82) is 0 Å². The highest BCUT2D eigenvalue weighted by Gasteiger charge is 2.09. The Morgan fingerprint density at radius 3 is 2.41 bits per heavy atom. The first-order valence-electron chi connectivity index (χ1n) is 7.39. The van der Waals surface area contributed by atoms with E-state index >= 15 is 0 Å². The molecule has 2 aromatic carbocycles. The molecule has 0 saturated heterocycles. The van der Waals surface area contributed by atoms with Gasteiger partial charge < -0.3 is 14.8 Å². The molecular formula is C18H22BrNO2. The summed E-state index contributed by atoms with van der Waals surface area (Å²) in [4.78, 5) is 0. The van der Waals surface area contributed by atoms with Gasteiger partial charge in [0.1, 0.15) is 0 Å². The van der Waals surface area contributed by atoms with E-state index in [4.69, 9.17) is 9.47 Å². The van der Waals surface area contributed by atoms with E-state index in [2.05, 4.69) is 52.4 Å². The van der Waals surface area contributed by atoms with Crippen molar-refractivity contribution in [3.05, 3.63) is 57.6 Å². The Hall–Kier alpha value is -1.52. The molecule has 0 amide bonds. The van der Waals surface area contributed by atoms with Gasteiger partial charge in [-0.2, -0.15) is 0 Å². The second-order valence-corrected chi connectivity index (χ2v) is 5.97. The third-order valence-electron chi connectivity index (χ3n) is 3.40. The highest BCUT2D eigenvalue weighted by Crippen LogP contribution is 2.33. The number of hydrogen-bond donors (Lipinski definition) is 1. The van der Waals surface area contributed by atoms with E-state index in [1.807, 2.05) is 19.1 Å². The molecule has 22 heavy (non-hydrogen) atoms. The number of nitrogens with one attached hydrogen (secondary N) is 1. The molecule has 0 atom stereocenters. The maximum atomic E-state index is 5.57. The molecule has 0 heterocycles. The normalized spacial score (nSPS) is 10.5. The maximum absolute atomic E-state index is 5.57. The summed E-state index contributed by atoms with van der Waals surface area (Å²) >= 11 is 3.60. The lowest BCUT2D eigenvalue weighted by Crippen LogP contribution is -2.13. The molecular weight excluding hydrogens is 342 g/mol. The van der Waals surface area contributed by atoms with Gasteiger partial charge in [0.05, 0.1) is 13.7 Å². The molecule has 0 unspecified atom stereocenters. The molecule has 2 aromatic rings. The van der Waals surface area contributed by atoms with Gasteiger partial charge in [0, 0.05) is 17.6 Å². The molecule has 0 aromatic heterocycles. The third-order valence-corrected chi connectivity index (χ3v) is 4.14. The lowest BCUT2D eigenvalue weighted by atomic mass is 10.1. The average molecular weight is 364 g/mol. The van der Waals surface area contributed by atoms with E-state index in [-0.39, 0.29) is 0 Å². The van der Waals surface area contributed by atoms with Gasteiger partial charge in [0.15, 0.2) is 11.5 Å². The summed E-state index contributed by atoms with van der Waals surface area (Å²) in [6.45, 7) is 6.28.